The first-order valence-corrected chi connectivity index (χ1v) is 7.28. The van der Waals surface area contributed by atoms with E-state index in [1.54, 1.807) is 0 Å². The van der Waals surface area contributed by atoms with Crippen molar-refractivity contribution in [2.24, 2.45) is 5.92 Å². The molecule has 1 fully saturated rings. The quantitative estimate of drug-likeness (QED) is 0.733. The van der Waals surface area contributed by atoms with Gasteiger partial charge in [0.25, 0.3) is 0 Å². The third kappa shape index (κ3) is 2.39. The van der Waals surface area contributed by atoms with Gasteiger partial charge in [-0.05, 0) is 19.3 Å². The molecular weight excluding hydrogens is 283 g/mol. The molecule has 1 heterocycles. The van der Waals surface area contributed by atoms with E-state index in [1.807, 2.05) is 30.3 Å². The second-order valence-electron chi connectivity index (χ2n) is 5.05. The molecule has 0 N–H and O–H groups in total. The van der Waals surface area contributed by atoms with Gasteiger partial charge in [-0.2, -0.15) is 0 Å². The first-order valence-electron chi connectivity index (χ1n) is 6.47. The molecule has 0 saturated heterocycles. The minimum absolute atomic E-state index is 0.0258. The summed E-state index contributed by atoms with van der Waals surface area (Å²) in [5.41, 5.74) is 0.854. The van der Waals surface area contributed by atoms with E-state index < -0.39 is 0 Å². The first kappa shape index (κ1) is 13.0. The topological polar surface area (TPSA) is 26.3 Å². The SMILES string of the molecule is O=C1C(Cl)=C(c2ccccc2)OC2CCC(Cl)CC12. The fraction of sp³-hybridized carbons (Fsp3) is 0.400. The van der Waals surface area contributed by atoms with E-state index in [2.05, 4.69) is 0 Å². The summed E-state index contributed by atoms with van der Waals surface area (Å²) in [5.74, 6) is 0.305. The van der Waals surface area contributed by atoms with Crippen LogP contribution in [0.1, 0.15) is 24.8 Å². The minimum atomic E-state index is -0.184. The van der Waals surface area contributed by atoms with Gasteiger partial charge in [0, 0.05) is 10.9 Å². The Hall–Kier alpha value is -0.990. The van der Waals surface area contributed by atoms with E-state index in [1.165, 1.54) is 0 Å². The Labute approximate surface area is 122 Å². The van der Waals surface area contributed by atoms with Crippen molar-refractivity contribution in [1.29, 1.82) is 0 Å². The molecule has 19 heavy (non-hydrogen) atoms. The van der Waals surface area contributed by atoms with Crippen molar-refractivity contribution in [2.75, 3.05) is 0 Å². The maximum atomic E-state index is 12.4. The van der Waals surface area contributed by atoms with E-state index in [9.17, 15) is 4.79 Å². The van der Waals surface area contributed by atoms with Crippen LogP contribution in [0.25, 0.3) is 5.76 Å². The zero-order chi connectivity index (χ0) is 13.4. The van der Waals surface area contributed by atoms with Crippen LogP contribution in [-0.4, -0.2) is 17.3 Å². The van der Waals surface area contributed by atoms with Crippen molar-refractivity contribution in [1.82, 2.24) is 0 Å². The maximum absolute atomic E-state index is 12.4. The van der Waals surface area contributed by atoms with Crippen LogP contribution in [0, 0.1) is 5.92 Å². The van der Waals surface area contributed by atoms with E-state index in [0.29, 0.717) is 12.2 Å². The van der Waals surface area contributed by atoms with Gasteiger partial charge in [-0.3, -0.25) is 4.79 Å². The summed E-state index contributed by atoms with van der Waals surface area (Å²) in [6.07, 6.45) is 2.27. The molecule has 2 aliphatic rings. The molecule has 3 atom stereocenters. The Morgan fingerprint density at radius 1 is 1.16 bits per heavy atom. The monoisotopic (exact) mass is 296 g/mol. The number of ether oxygens (including phenoxy) is 1. The molecule has 1 aromatic carbocycles. The summed E-state index contributed by atoms with van der Waals surface area (Å²) in [5, 5.41) is 0.259. The third-order valence-corrected chi connectivity index (χ3v) is 4.53. The van der Waals surface area contributed by atoms with Gasteiger partial charge in [-0.1, -0.05) is 41.9 Å². The predicted molar refractivity (Wildman–Crippen MR) is 76.1 cm³/mol. The zero-order valence-electron chi connectivity index (χ0n) is 10.3. The number of carbonyl (C=O) groups excluding carboxylic acids is 1. The molecular formula is C15H14Cl2O2. The Bertz CT molecular complexity index is 524. The van der Waals surface area contributed by atoms with Crippen molar-refractivity contribution in [3.8, 4) is 0 Å². The lowest BCUT2D eigenvalue weighted by Gasteiger charge is -2.37. The largest absolute Gasteiger partial charge is 0.487 e. The summed E-state index contributed by atoms with van der Waals surface area (Å²) >= 11 is 12.3. The number of Topliss-reactive ketones (excluding diaryl/α,β-unsaturated/α-hetero) is 1. The molecule has 0 bridgehead atoms. The smallest absolute Gasteiger partial charge is 0.184 e. The van der Waals surface area contributed by atoms with Gasteiger partial charge in [0.1, 0.15) is 16.9 Å². The summed E-state index contributed by atoms with van der Waals surface area (Å²) in [6.45, 7) is 0. The molecule has 1 aliphatic heterocycles. The van der Waals surface area contributed by atoms with E-state index in [-0.39, 0.29) is 28.2 Å². The van der Waals surface area contributed by atoms with Crippen molar-refractivity contribution in [3.63, 3.8) is 0 Å². The van der Waals surface area contributed by atoms with Gasteiger partial charge in [0.05, 0.1) is 5.92 Å². The van der Waals surface area contributed by atoms with Crippen LogP contribution >= 0.6 is 23.2 Å². The van der Waals surface area contributed by atoms with Gasteiger partial charge in [-0.25, -0.2) is 0 Å². The summed E-state index contributed by atoms with van der Waals surface area (Å²) in [7, 11) is 0. The highest BCUT2D eigenvalue weighted by Crippen LogP contribution is 2.41. The molecule has 0 aromatic heterocycles. The van der Waals surface area contributed by atoms with Gasteiger partial charge in [0.2, 0.25) is 0 Å². The van der Waals surface area contributed by atoms with Crippen LogP contribution < -0.4 is 0 Å². The van der Waals surface area contributed by atoms with Crippen LogP contribution in [-0.2, 0) is 9.53 Å². The highest BCUT2D eigenvalue weighted by molar-refractivity contribution is 6.46. The van der Waals surface area contributed by atoms with Crippen LogP contribution in [0.5, 0.6) is 0 Å². The number of ketones is 1. The number of fused-ring (bicyclic) bond motifs is 1. The summed E-state index contributed by atoms with van der Waals surface area (Å²) < 4.78 is 5.98. The Morgan fingerprint density at radius 2 is 1.89 bits per heavy atom. The van der Waals surface area contributed by atoms with E-state index >= 15 is 0 Å². The van der Waals surface area contributed by atoms with Crippen LogP contribution in [0.2, 0.25) is 0 Å². The predicted octanol–water partition coefficient (Wildman–Crippen LogP) is 3.97. The molecule has 3 rings (SSSR count). The third-order valence-electron chi connectivity index (χ3n) is 3.78. The number of rotatable bonds is 1. The summed E-state index contributed by atoms with van der Waals surface area (Å²) in [4.78, 5) is 12.4. The first-order chi connectivity index (χ1) is 9.16. The summed E-state index contributed by atoms with van der Waals surface area (Å²) in [6, 6.07) is 9.53. The van der Waals surface area contributed by atoms with Crippen LogP contribution in [0.3, 0.4) is 0 Å². The molecule has 2 nitrogen and oxygen atoms in total. The Kier molecular flexibility index (Phi) is 3.55. The fourth-order valence-electron chi connectivity index (χ4n) is 2.77. The second kappa shape index (κ2) is 5.18. The van der Waals surface area contributed by atoms with Crippen molar-refractivity contribution < 1.29 is 9.53 Å². The van der Waals surface area contributed by atoms with Gasteiger partial charge in [0.15, 0.2) is 5.78 Å². The molecule has 4 heteroatoms. The molecule has 3 unspecified atom stereocenters. The van der Waals surface area contributed by atoms with Gasteiger partial charge < -0.3 is 4.74 Å². The lowest BCUT2D eigenvalue weighted by Crippen LogP contribution is -2.40. The average molecular weight is 297 g/mol. The molecule has 1 aromatic rings. The molecule has 1 aliphatic carbocycles. The Morgan fingerprint density at radius 3 is 2.63 bits per heavy atom. The average Bonchev–Trinajstić information content (AvgIpc) is 2.44. The molecule has 0 amide bonds. The second-order valence-corrected chi connectivity index (χ2v) is 6.04. The molecule has 0 spiro atoms. The molecule has 0 radical (unpaired) electrons. The van der Waals surface area contributed by atoms with E-state index in [0.717, 1.165) is 18.4 Å². The van der Waals surface area contributed by atoms with Gasteiger partial charge in [-0.15, -0.1) is 11.6 Å². The maximum Gasteiger partial charge on any atom is 0.184 e. The number of hydrogen-bond donors (Lipinski definition) is 0. The minimum Gasteiger partial charge on any atom is -0.487 e. The molecule has 100 valence electrons. The number of halogens is 2. The number of carbonyl (C=O) groups is 1. The fourth-order valence-corrected chi connectivity index (χ4v) is 3.38. The van der Waals surface area contributed by atoms with Crippen molar-refractivity contribution in [3.05, 3.63) is 40.9 Å². The van der Waals surface area contributed by atoms with Gasteiger partial charge >= 0.3 is 0 Å². The Balaban J connectivity index is 1.96. The highest BCUT2D eigenvalue weighted by atomic mass is 35.5. The molecule has 1 saturated carbocycles. The van der Waals surface area contributed by atoms with E-state index in [4.69, 9.17) is 27.9 Å². The number of benzene rings is 1. The number of allylic oxidation sites excluding steroid dienone is 1. The number of alkyl halides is 1. The van der Waals surface area contributed by atoms with Crippen LogP contribution in [0.15, 0.2) is 35.4 Å². The van der Waals surface area contributed by atoms with Crippen molar-refractivity contribution in [2.45, 2.75) is 30.7 Å². The standard InChI is InChI=1S/C15H14Cl2O2/c16-10-6-7-12-11(8-10)14(18)13(17)15(19-12)9-4-2-1-3-5-9/h1-5,10-12H,6-8H2. The highest BCUT2D eigenvalue weighted by Gasteiger charge is 2.42. The van der Waals surface area contributed by atoms with Crippen LogP contribution in [0.4, 0.5) is 0 Å². The lowest BCUT2D eigenvalue weighted by atomic mass is 9.81. The number of hydrogen-bond acceptors (Lipinski definition) is 2. The van der Waals surface area contributed by atoms with Crippen molar-refractivity contribution >= 4 is 34.7 Å². The normalized spacial score (nSPS) is 30.8. The zero-order valence-corrected chi connectivity index (χ0v) is 11.8. The lowest BCUT2D eigenvalue weighted by molar-refractivity contribution is -0.125.